The molecule has 0 saturated heterocycles. The Morgan fingerprint density at radius 3 is 2.43 bits per heavy atom. The number of rotatable bonds is 4. The van der Waals surface area contributed by atoms with Gasteiger partial charge in [-0.25, -0.2) is 8.78 Å². The van der Waals surface area contributed by atoms with Crippen molar-refractivity contribution in [1.82, 2.24) is 0 Å². The first kappa shape index (κ1) is 15.3. The Morgan fingerprint density at radius 2 is 1.86 bits per heavy atom. The quantitative estimate of drug-likeness (QED) is 0.909. The van der Waals surface area contributed by atoms with Gasteiger partial charge >= 0.3 is 0 Å². The first-order valence-corrected chi connectivity index (χ1v) is 6.50. The van der Waals surface area contributed by atoms with Crippen LogP contribution in [-0.4, -0.2) is 5.91 Å². The number of hydrogen-bond donors (Lipinski definition) is 2. The summed E-state index contributed by atoms with van der Waals surface area (Å²) in [5.74, 6) is -1.71. The van der Waals surface area contributed by atoms with Gasteiger partial charge in [0.2, 0.25) is 5.91 Å². The topological polar surface area (TPSA) is 55.1 Å². The van der Waals surface area contributed by atoms with Crippen LogP contribution in [0.4, 0.5) is 14.5 Å². The van der Waals surface area contributed by atoms with Crippen molar-refractivity contribution >= 4 is 23.2 Å². The minimum absolute atomic E-state index is 0.0557. The summed E-state index contributed by atoms with van der Waals surface area (Å²) in [5, 5.41) is 2.91. The number of primary amides is 1. The maximum Gasteiger partial charge on any atom is 0.247 e. The van der Waals surface area contributed by atoms with Gasteiger partial charge in [-0.1, -0.05) is 23.7 Å². The number of carbonyl (C=O) groups excluding carboxylic acids is 1. The molecule has 6 heteroatoms. The minimum atomic E-state index is -1.40. The molecule has 2 aromatic rings. The highest BCUT2D eigenvalue weighted by Gasteiger charge is 2.35. The highest BCUT2D eigenvalue weighted by Crippen LogP contribution is 2.32. The predicted molar refractivity (Wildman–Crippen MR) is 78.0 cm³/mol. The molecule has 0 spiro atoms. The lowest BCUT2D eigenvalue weighted by atomic mass is 9.90. The summed E-state index contributed by atoms with van der Waals surface area (Å²) in [5.41, 5.74) is 4.71. The van der Waals surface area contributed by atoms with Gasteiger partial charge in [-0.15, -0.1) is 0 Å². The fourth-order valence-corrected chi connectivity index (χ4v) is 2.37. The van der Waals surface area contributed by atoms with Crippen molar-refractivity contribution in [3.05, 3.63) is 64.7 Å². The fourth-order valence-electron chi connectivity index (χ4n) is 2.01. The molecular formula is C15H13ClF2N2O. The highest BCUT2D eigenvalue weighted by molar-refractivity contribution is 6.31. The molecule has 2 rings (SSSR count). The lowest BCUT2D eigenvalue weighted by Crippen LogP contribution is -2.45. The van der Waals surface area contributed by atoms with Crippen LogP contribution in [-0.2, 0) is 10.3 Å². The van der Waals surface area contributed by atoms with Gasteiger partial charge in [0.15, 0.2) is 0 Å². The van der Waals surface area contributed by atoms with Crippen molar-refractivity contribution in [1.29, 1.82) is 0 Å². The Hall–Kier alpha value is -2.14. The lowest BCUT2D eigenvalue weighted by Gasteiger charge is -2.30. The highest BCUT2D eigenvalue weighted by atomic mass is 35.5. The van der Waals surface area contributed by atoms with E-state index < -0.39 is 23.1 Å². The Kier molecular flexibility index (Phi) is 4.14. The normalized spacial score (nSPS) is 13.5. The van der Waals surface area contributed by atoms with Gasteiger partial charge in [-0.2, -0.15) is 0 Å². The van der Waals surface area contributed by atoms with Crippen LogP contribution >= 0.6 is 11.6 Å². The average Bonchev–Trinajstić information content (AvgIpc) is 2.38. The third-order valence-electron chi connectivity index (χ3n) is 3.18. The van der Waals surface area contributed by atoms with E-state index in [1.54, 1.807) is 6.07 Å². The Labute approximate surface area is 125 Å². The molecule has 3 nitrogen and oxygen atoms in total. The number of halogens is 3. The molecule has 0 aliphatic rings. The number of nitrogens with one attached hydrogen (secondary N) is 1. The van der Waals surface area contributed by atoms with Gasteiger partial charge in [0.25, 0.3) is 0 Å². The van der Waals surface area contributed by atoms with Gasteiger partial charge in [0.1, 0.15) is 17.2 Å². The van der Waals surface area contributed by atoms with Gasteiger partial charge in [-0.3, -0.25) is 4.79 Å². The largest absolute Gasteiger partial charge is 0.368 e. The van der Waals surface area contributed by atoms with E-state index in [0.29, 0.717) is 11.3 Å². The molecule has 0 bridgehead atoms. The van der Waals surface area contributed by atoms with Crippen LogP contribution in [0.15, 0.2) is 42.5 Å². The average molecular weight is 311 g/mol. The molecule has 0 fully saturated rings. The molecule has 1 unspecified atom stereocenters. The van der Waals surface area contributed by atoms with Crippen molar-refractivity contribution in [3.63, 3.8) is 0 Å². The van der Waals surface area contributed by atoms with Crippen LogP contribution in [0, 0.1) is 11.6 Å². The Balaban J connectivity index is 2.48. The third kappa shape index (κ3) is 3.13. The summed E-state index contributed by atoms with van der Waals surface area (Å²) >= 11 is 5.99. The van der Waals surface area contributed by atoms with Crippen molar-refractivity contribution < 1.29 is 13.6 Å². The van der Waals surface area contributed by atoms with Gasteiger partial charge < -0.3 is 11.1 Å². The van der Waals surface area contributed by atoms with E-state index in [9.17, 15) is 13.6 Å². The van der Waals surface area contributed by atoms with Gasteiger partial charge in [-0.05, 0) is 37.3 Å². The molecule has 0 aliphatic carbocycles. The number of amides is 1. The third-order valence-corrected chi connectivity index (χ3v) is 3.49. The second-order valence-electron chi connectivity index (χ2n) is 4.75. The summed E-state index contributed by atoms with van der Waals surface area (Å²) in [6.45, 7) is 1.50. The van der Waals surface area contributed by atoms with Crippen LogP contribution in [0.25, 0.3) is 0 Å². The molecular weight excluding hydrogens is 298 g/mol. The van der Waals surface area contributed by atoms with Crippen LogP contribution in [0.1, 0.15) is 12.5 Å². The maximum atomic E-state index is 13.2. The molecule has 3 N–H and O–H groups in total. The van der Waals surface area contributed by atoms with Gasteiger partial charge in [0, 0.05) is 16.3 Å². The van der Waals surface area contributed by atoms with Crippen LogP contribution < -0.4 is 11.1 Å². The number of carbonyl (C=O) groups is 1. The number of benzene rings is 2. The first-order chi connectivity index (χ1) is 9.83. The zero-order valence-electron chi connectivity index (χ0n) is 11.2. The predicted octanol–water partition coefficient (Wildman–Crippen LogP) is 3.43. The molecule has 21 heavy (non-hydrogen) atoms. The van der Waals surface area contributed by atoms with E-state index in [0.717, 1.165) is 6.07 Å². The molecule has 0 aliphatic heterocycles. The second-order valence-corrected chi connectivity index (χ2v) is 5.16. The summed E-state index contributed by atoms with van der Waals surface area (Å²) < 4.78 is 26.4. The van der Waals surface area contributed by atoms with Crippen LogP contribution in [0.3, 0.4) is 0 Å². The molecule has 0 saturated carbocycles. The zero-order valence-corrected chi connectivity index (χ0v) is 11.9. The molecule has 2 aromatic carbocycles. The van der Waals surface area contributed by atoms with Gasteiger partial charge in [0.05, 0.1) is 0 Å². The van der Waals surface area contributed by atoms with Crippen molar-refractivity contribution in [3.8, 4) is 0 Å². The number of nitrogens with two attached hydrogens (primary N) is 1. The van der Waals surface area contributed by atoms with Crippen molar-refractivity contribution in [2.75, 3.05) is 5.32 Å². The lowest BCUT2D eigenvalue weighted by molar-refractivity contribution is -0.122. The summed E-state index contributed by atoms with van der Waals surface area (Å²) in [6, 6.07) is 9.21. The van der Waals surface area contributed by atoms with Crippen LogP contribution in [0.5, 0.6) is 0 Å². The van der Waals surface area contributed by atoms with E-state index >= 15 is 0 Å². The monoisotopic (exact) mass is 310 g/mol. The summed E-state index contributed by atoms with van der Waals surface area (Å²) in [6.07, 6.45) is 0. The molecule has 0 heterocycles. The molecule has 0 radical (unpaired) electrons. The Bertz CT molecular complexity index is 693. The number of anilines is 1. The van der Waals surface area contributed by atoms with E-state index in [4.69, 9.17) is 17.3 Å². The summed E-state index contributed by atoms with van der Waals surface area (Å²) in [7, 11) is 0. The van der Waals surface area contributed by atoms with Crippen LogP contribution in [0.2, 0.25) is 5.02 Å². The molecule has 0 aromatic heterocycles. The molecule has 1 atom stereocenters. The molecule has 110 valence electrons. The zero-order chi connectivity index (χ0) is 15.6. The van der Waals surface area contributed by atoms with E-state index in [-0.39, 0.29) is 5.02 Å². The fraction of sp³-hybridized carbons (Fsp3) is 0.133. The van der Waals surface area contributed by atoms with Crippen molar-refractivity contribution in [2.24, 2.45) is 5.73 Å². The van der Waals surface area contributed by atoms with E-state index in [1.807, 2.05) is 0 Å². The first-order valence-electron chi connectivity index (χ1n) is 6.12. The van der Waals surface area contributed by atoms with E-state index in [2.05, 4.69) is 5.32 Å². The minimum Gasteiger partial charge on any atom is -0.368 e. The summed E-state index contributed by atoms with van der Waals surface area (Å²) in [4.78, 5) is 11.9. The van der Waals surface area contributed by atoms with E-state index in [1.165, 1.54) is 37.3 Å². The maximum absolute atomic E-state index is 13.2. The Morgan fingerprint density at radius 1 is 1.19 bits per heavy atom. The smallest absolute Gasteiger partial charge is 0.247 e. The second kappa shape index (κ2) is 5.69. The van der Waals surface area contributed by atoms with Crippen molar-refractivity contribution in [2.45, 2.75) is 12.5 Å². The SMILES string of the molecule is CC(Nc1cccc(F)c1)(C(N)=O)c1ccc(F)cc1Cl. The standard InChI is InChI=1S/C15H13ClF2N2O/c1-15(14(19)21,12-6-5-10(18)8-13(12)16)20-11-4-2-3-9(17)7-11/h2-8,20H,1H3,(H2,19,21). The number of hydrogen-bond acceptors (Lipinski definition) is 2. The molecule has 1 amide bonds.